The lowest BCUT2D eigenvalue weighted by Crippen LogP contribution is -2.30. The number of nitrogens with zero attached hydrogens (tertiary/aromatic N) is 1. The summed E-state index contributed by atoms with van der Waals surface area (Å²) in [7, 11) is 0. The Morgan fingerprint density at radius 2 is 1.43 bits per heavy atom. The highest BCUT2D eigenvalue weighted by molar-refractivity contribution is 8.00. The molecule has 0 fully saturated rings. The maximum atomic E-state index is 13.7. The highest BCUT2D eigenvalue weighted by Gasteiger charge is 2.19. The number of benzene rings is 5. The van der Waals surface area contributed by atoms with Gasteiger partial charge in [-0.25, -0.2) is 4.98 Å². The molecular weight excluding hydrogens is 720 g/mol. The van der Waals surface area contributed by atoms with E-state index in [1.54, 1.807) is 67.6 Å². The summed E-state index contributed by atoms with van der Waals surface area (Å²) in [6.45, 7) is 1.79. The van der Waals surface area contributed by atoms with E-state index in [9.17, 15) is 14.4 Å². The summed E-state index contributed by atoms with van der Waals surface area (Å²) < 4.78 is 0. The van der Waals surface area contributed by atoms with E-state index in [-0.39, 0.29) is 11.6 Å². The Bertz CT molecular complexity index is 2210. The first kappa shape index (κ1) is 35.6. The highest BCUT2D eigenvalue weighted by Crippen LogP contribution is 2.32. The molecule has 7 nitrogen and oxygen atoms in total. The number of hydrogen-bond donors (Lipinski definition) is 3. The van der Waals surface area contributed by atoms with Crippen LogP contribution in [0.5, 0.6) is 0 Å². The number of carbonyl (C=O) groups excluding carboxylic acids is 3. The molecule has 254 valence electrons. The maximum absolute atomic E-state index is 13.7. The van der Waals surface area contributed by atoms with Crippen LogP contribution in [0.4, 0.5) is 10.8 Å². The molecule has 0 aliphatic heterocycles. The Kier molecular flexibility index (Phi) is 11.7. The molecule has 0 aliphatic rings. The molecule has 51 heavy (non-hydrogen) atoms. The van der Waals surface area contributed by atoms with Gasteiger partial charge in [0.05, 0.1) is 21.0 Å². The summed E-state index contributed by atoms with van der Waals surface area (Å²) >= 11 is 14.8. The number of aromatic nitrogens is 1. The van der Waals surface area contributed by atoms with Crippen LogP contribution < -0.4 is 16.0 Å². The van der Waals surface area contributed by atoms with Gasteiger partial charge in [0.2, 0.25) is 5.91 Å². The van der Waals surface area contributed by atoms with Crippen molar-refractivity contribution < 1.29 is 14.4 Å². The van der Waals surface area contributed by atoms with Crippen LogP contribution in [0.15, 0.2) is 143 Å². The summed E-state index contributed by atoms with van der Waals surface area (Å²) in [5.41, 5.74) is 5.31. The lowest BCUT2D eigenvalue weighted by Gasteiger charge is -2.14. The van der Waals surface area contributed by atoms with E-state index in [0.717, 1.165) is 27.1 Å². The smallest absolute Gasteiger partial charge is 0.272 e. The molecule has 1 heterocycles. The van der Waals surface area contributed by atoms with E-state index < -0.39 is 17.1 Å². The van der Waals surface area contributed by atoms with E-state index in [2.05, 4.69) is 20.9 Å². The Balaban J connectivity index is 1.13. The zero-order valence-corrected chi connectivity index (χ0v) is 30.2. The fourth-order valence-corrected chi connectivity index (χ4v) is 6.89. The van der Waals surface area contributed by atoms with Gasteiger partial charge in [0.25, 0.3) is 11.8 Å². The number of hydrogen-bond acceptors (Lipinski definition) is 6. The minimum Gasteiger partial charge on any atom is -0.321 e. The van der Waals surface area contributed by atoms with Gasteiger partial charge in [-0.15, -0.1) is 23.1 Å². The molecule has 5 aromatic carbocycles. The highest BCUT2D eigenvalue weighted by atomic mass is 35.5. The van der Waals surface area contributed by atoms with Crippen LogP contribution in [0.2, 0.25) is 10.0 Å². The van der Waals surface area contributed by atoms with Gasteiger partial charge in [0, 0.05) is 27.1 Å². The fourth-order valence-electron chi connectivity index (χ4n) is 4.94. The summed E-state index contributed by atoms with van der Waals surface area (Å²) in [5.74, 6) is -1.14. The number of anilines is 2. The third-order valence-electron chi connectivity index (χ3n) is 7.58. The van der Waals surface area contributed by atoms with Crippen molar-refractivity contribution in [3.05, 3.63) is 160 Å². The molecule has 3 amide bonds. The van der Waals surface area contributed by atoms with E-state index in [1.165, 1.54) is 23.1 Å². The average Bonchev–Trinajstić information content (AvgIpc) is 3.62. The number of carbonyl (C=O) groups is 3. The Morgan fingerprint density at radius 3 is 2.16 bits per heavy atom. The van der Waals surface area contributed by atoms with Crippen LogP contribution in [-0.2, 0) is 9.59 Å². The van der Waals surface area contributed by atoms with Crippen LogP contribution in [0.1, 0.15) is 22.8 Å². The van der Waals surface area contributed by atoms with Crippen LogP contribution in [0.25, 0.3) is 28.5 Å². The Hall–Kier alpha value is -5.19. The van der Waals surface area contributed by atoms with Crippen molar-refractivity contribution in [1.29, 1.82) is 0 Å². The second kappa shape index (κ2) is 16.7. The molecule has 11 heteroatoms. The van der Waals surface area contributed by atoms with E-state index in [4.69, 9.17) is 23.2 Å². The SMILES string of the molecule is CC(Sc1cccc(NC(=O)/C(=C\c2ccc(-c3ccccc3)cc2)NC(=O)c2ccccc2)c1)C(=O)Nc1nc(-c2ccc(Cl)c(Cl)c2)cs1. The van der Waals surface area contributed by atoms with Crippen molar-refractivity contribution in [2.45, 2.75) is 17.1 Å². The summed E-state index contributed by atoms with van der Waals surface area (Å²) in [5, 5.41) is 11.3. The molecular formula is C40H30Cl2N4O3S2. The lowest BCUT2D eigenvalue weighted by molar-refractivity contribution is -0.115. The predicted molar refractivity (Wildman–Crippen MR) is 210 cm³/mol. The molecule has 6 aromatic rings. The van der Waals surface area contributed by atoms with Crippen molar-refractivity contribution in [2.24, 2.45) is 0 Å². The first-order valence-corrected chi connectivity index (χ1v) is 18.3. The molecule has 1 aromatic heterocycles. The molecule has 0 bridgehead atoms. The number of thioether (sulfide) groups is 1. The van der Waals surface area contributed by atoms with Gasteiger partial charge in [0.1, 0.15) is 5.70 Å². The third-order valence-corrected chi connectivity index (χ3v) is 10.2. The van der Waals surface area contributed by atoms with E-state index in [0.29, 0.717) is 32.1 Å². The number of thiazole rings is 1. The zero-order chi connectivity index (χ0) is 35.7. The van der Waals surface area contributed by atoms with Gasteiger partial charge in [-0.2, -0.15) is 0 Å². The van der Waals surface area contributed by atoms with Gasteiger partial charge >= 0.3 is 0 Å². The lowest BCUT2D eigenvalue weighted by atomic mass is 10.0. The second-order valence-electron chi connectivity index (χ2n) is 11.3. The fraction of sp³-hybridized carbons (Fsp3) is 0.0500. The molecule has 0 aliphatic carbocycles. The molecule has 3 N–H and O–H groups in total. The molecule has 1 atom stereocenters. The van der Waals surface area contributed by atoms with Gasteiger partial charge in [-0.3, -0.25) is 14.4 Å². The number of nitrogens with one attached hydrogen (secondary N) is 3. The van der Waals surface area contributed by atoms with Gasteiger partial charge in [-0.05, 0) is 72.2 Å². The van der Waals surface area contributed by atoms with Crippen molar-refractivity contribution in [2.75, 3.05) is 10.6 Å². The van der Waals surface area contributed by atoms with Crippen LogP contribution in [0.3, 0.4) is 0 Å². The summed E-state index contributed by atoms with van der Waals surface area (Å²) in [6.07, 6.45) is 1.64. The first-order valence-electron chi connectivity index (χ1n) is 15.8. The summed E-state index contributed by atoms with van der Waals surface area (Å²) in [6, 6.07) is 38.8. The average molecular weight is 750 g/mol. The van der Waals surface area contributed by atoms with Crippen molar-refractivity contribution in [3.8, 4) is 22.4 Å². The van der Waals surface area contributed by atoms with Gasteiger partial charge < -0.3 is 16.0 Å². The van der Waals surface area contributed by atoms with E-state index in [1.807, 2.05) is 78.2 Å². The van der Waals surface area contributed by atoms with E-state index >= 15 is 0 Å². The number of rotatable bonds is 11. The Morgan fingerprint density at radius 1 is 0.745 bits per heavy atom. The van der Waals surface area contributed by atoms with Crippen molar-refractivity contribution in [3.63, 3.8) is 0 Å². The number of amides is 3. The van der Waals surface area contributed by atoms with Gasteiger partial charge in [-0.1, -0.05) is 108 Å². The summed E-state index contributed by atoms with van der Waals surface area (Å²) in [4.78, 5) is 45.2. The third kappa shape index (κ3) is 9.53. The predicted octanol–water partition coefficient (Wildman–Crippen LogP) is 10.3. The second-order valence-corrected chi connectivity index (χ2v) is 14.4. The Labute approximate surface area is 313 Å². The topological polar surface area (TPSA) is 100 Å². The minimum atomic E-state index is -0.499. The monoisotopic (exact) mass is 748 g/mol. The molecule has 0 saturated heterocycles. The van der Waals surface area contributed by atoms with Crippen LogP contribution in [0, 0.1) is 0 Å². The van der Waals surface area contributed by atoms with Gasteiger partial charge in [0.15, 0.2) is 5.13 Å². The van der Waals surface area contributed by atoms with Crippen LogP contribution >= 0.6 is 46.3 Å². The van der Waals surface area contributed by atoms with Crippen molar-refractivity contribution >= 4 is 80.9 Å². The molecule has 6 rings (SSSR count). The van der Waals surface area contributed by atoms with Crippen LogP contribution in [-0.4, -0.2) is 28.0 Å². The standard InChI is InChI=1S/C40H30Cl2N4O3S2/c1-25(37(47)46-40-45-36(24-50-40)30-19-20-33(41)34(42)22-30)51-32-14-8-13-31(23-32)43-39(49)35(44-38(48)29-11-6-3-7-12-29)21-26-15-17-28(18-16-26)27-9-4-2-5-10-27/h2-25H,1H3,(H,43,49)(H,44,48)(H,45,46,47)/b35-21+. The largest absolute Gasteiger partial charge is 0.321 e. The quantitative estimate of drug-likeness (QED) is 0.0905. The first-order chi connectivity index (χ1) is 24.7. The molecule has 1 unspecified atom stereocenters. The zero-order valence-electron chi connectivity index (χ0n) is 27.1. The molecule has 0 spiro atoms. The van der Waals surface area contributed by atoms with Crippen molar-refractivity contribution in [1.82, 2.24) is 10.3 Å². The maximum Gasteiger partial charge on any atom is 0.272 e. The normalized spacial score (nSPS) is 11.8. The molecule has 0 radical (unpaired) electrons. The number of halogens is 2. The minimum absolute atomic E-state index is 0.0748. The molecule has 0 saturated carbocycles.